The van der Waals surface area contributed by atoms with Crippen LogP contribution in [0.5, 0.6) is 0 Å². The third kappa shape index (κ3) is 5.47. The number of likely N-dealkylation sites (tertiary alicyclic amines) is 1. The molecule has 3 atom stereocenters. The Morgan fingerprint density at radius 3 is 2.67 bits per heavy atom. The summed E-state index contributed by atoms with van der Waals surface area (Å²) in [4.78, 5) is 39.8. The van der Waals surface area contributed by atoms with Crippen LogP contribution in [0, 0.1) is 22.7 Å². The van der Waals surface area contributed by atoms with Gasteiger partial charge in [0.25, 0.3) is 0 Å². The third-order valence-corrected chi connectivity index (χ3v) is 7.32. The maximum Gasteiger partial charge on any atom is 0.410 e. The molecule has 33 heavy (non-hydrogen) atoms. The lowest BCUT2D eigenvalue weighted by Crippen LogP contribution is -2.49. The zero-order valence-electron chi connectivity index (χ0n) is 18.9. The minimum absolute atomic E-state index is 0.0699. The minimum Gasteiger partial charge on any atom is -0.445 e. The van der Waals surface area contributed by atoms with Gasteiger partial charge in [-0.05, 0) is 43.1 Å². The fourth-order valence-electron chi connectivity index (χ4n) is 5.51. The average Bonchev–Trinajstić information content (AvgIpc) is 3.41. The molecule has 1 aromatic carbocycles. The molecule has 3 fully saturated rings. The highest BCUT2D eigenvalue weighted by atomic mass is 16.6. The number of nitrogens with one attached hydrogen (secondary N) is 2. The molecule has 1 aliphatic carbocycles. The van der Waals surface area contributed by atoms with Crippen molar-refractivity contribution in [3.05, 3.63) is 35.9 Å². The average molecular weight is 453 g/mol. The van der Waals surface area contributed by atoms with E-state index in [1.807, 2.05) is 30.3 Å². The molecule has 0 bridgehead atoms. The van der Waals surface area contributed by atoms with Crippen LogP contribution in [-0.2, 0) is 20.9 Å². The van der Waals surface area contributed by atoms with E-state index in [2.05, 4.69) is 16.7 Å². The van der Waals surface area contributed by atoms with Crippen LogP contribution in [-0.4, -0.2) is 48.0 Å². The fraction of sp³-hybridized carbons (Fsp3) is 0.600. The summed E-state index contributed by atoms with van der Waals surface area (Å²) in [5.74, 6) is -0.674. The first-order valence-electron chi connectivity index (χ1n) is 11.9. The molecule has 8 heteroatoms. The summed E-state index contributed by atoms with van der Waals surface area (Å²) in [6, 6.07) is 10.1. The van der Waals surface area contributed by atoms with E-state index in [-0.39, 0.29) is 36.2 Å². The Labute approximate surface area is 194 Å². The number of benzene rings is 1. The minimum atomic E-state index is -0.767. The molecule has 1 spiro atoms. The molecular weight excluding hydrogens is 420 g/mol. The molecule has 2 heterocycles. The van der Waals surface area contributed by atoms with Crippen molar-refractivity contribution in [2.45, 2.75) is 70.1 Å². The molecule has 1 unspecified atom stereocenters. The van der Waals surface area contributed by atoms with E-state index in [0.29, 0.717) is 25.9 Å². The van der Waals surface area contributed by atoms with Crippen LogP contribution in [0.15, 0.2) is 30.3 Å². The van der Waals surface area contributed by atoms with Gasteiger partial charge < -0.3 is 15.4 Å². The van der Waals surface area contributed by atoms with Crippen LogP contribution in [0.3, 0.4) is 0 Å². The predicted octanol–water partition coefficient (Wildman–Crippen LogP) is 2.88. The molecule has 0 radical (unpaired) electrons. The first-order valence-corrected chi connectivity index (χ1v) is 11.9. The van der Waals surface area contributed by atoms with E-state index < -0.39 is 18.2 Å². The molecule has 2 aliphatic heterocycles. The Bertz CT molecular complexity index is 907. The maximum absolute atomic E-state index is 13.3. The number of hydrogen-bond acceptors (Lipinski definition) is 5. The Morgan fingerprint density at radius 1 is 1.24 bits per heavy atom. The van der Waals surface area contributed by atoms with Gasteiger partial charge in [0.2, 0.25) is 11.8 Å². The Balaban J connectivity index is 1.43. The summed E-state index contributed by atoms with van der Waals surface area (Å²) in [6.07, 6.45) is 6.38. The first kappa shape index (κ1) is 23.1. The summed E-state index contributed by atoms with van der Waals surface area (Å²) in [7, 11) is 0. The molecule has 1 saturated carbocycles. The van der Waals surface area contributed by atoms with Crippen molar-refractivity contribution in [3.63, 3.8) is 0 Å². The molecule has 2 N–H and O–H groups in total. The molecule has 1 aromatic rings. The first-order chi connectivity index (χ1) is 16.0. The van der Waals surface area contributed by atoms with Crippen LogP contribution < -0.4 is 10.6 Å². The van der Waals surface area contributed by atoms with Gasteiger partial charge in [-0.15, -0.1) is 0 Å². The second-order valence-electron chi connectivity index (χ2n) is 9.65. The SMILES string of the molecule is N#C[C@H](C[C@@H]1CCNC1=O)NC(=O)C1CC2(CCCCC2)CN1C(=O)OCc1ccccc1. The van der Waals surface area contributed by atoms with Crippen molar-refractivity contribution in [2.75, 3.05) is 13.1 Å². The van der Waals surface area contributed by atoms with Crippen molar-refractivity contribution in [1.29, 1.82) is 5.26 Å². The Hall–Kier alpha value is -3.08. The lowest BCUT2D eigenvalue weighted by Gasteiger charge is -2.32. The maximum atomic E-state index is 13.3. The second-order valence-corrected chi connectivity index (χ2v) is 9.65. The monoisotopic (exact) mass is 452 g/mol. The smallest absolute Gasteiger partial charge is 0.410 e. The van der Waals surface area contributed by atoms with Crippen LogP contribution in [0.25, 0.3) is 0 Å². The Kier molecular flexibility index (Phi) is 7.17. The van der Waals surface area contributed by atoms with Crippen LogP contribution >= 0.6 is 0 Å². The van der Waals surface area contributed by atoms with Crippen molar-refractivity contribution in [3.8, 4) is 6.07 Å². The summed E-state index contributed by atoms with van der Waals surface area (Å²) < 4.78 is 5.57. The van der Waals surface area contributed by atoms with Gasteiger partial charge in [0.05, 0.1) is 6.07 Å². The number of nitrogens with zero attached hydrogens (tertiary/aromatic N) is 2. The number of nitriles is 1. The molecule has 2 saturated heterocycles. The van der Waals surface area contributed by atoms with E-state index >= 15 is 0 Å². The van der Waals surface area contributed by atoms with Crippen molar-refractivity contribution < 1.29 is 19.1 Å². The number of hydrogen-bond donors (Lipinski definition) is 2. The van der Waals surface area contributed by atoms with Gasteiger partial charge in [-0.25, -0.2) is 4.79 Å². The lowest BCUT2D eigenvalue weighted by molar-refractivity contribution is -0.126. The predicted molar refractivity (Wildman–Crippen MR) is 121 cm³/mol. The second kappa shape index (κ2) is 10.2. The largest absolute Gasteiger partial charge is 0.445 e. The lowest BCUT2D eigenvalue weighted by atomic mass is 9.72. The van der Waals surface area contributed by atoms with Gasteiger partial charge in [-0.2, -0.15) is 5.26 Å². The number of carbonyl (C=O) groups excluding carboxylic acids is 3. The van der Waals surface area contributed by atoms with Gasteiger partial charge >= 0.3 is 6.09 Å². The summed E-state index contributed by atoms with van der Waals surface area (Å²) in [6.45, 7) is 1.25. The molecular formula is C25H32N4O4. The number of amides is 3. The number of ether oxygens (including phenoxy) is 1. The number of carbonyl (C=O) groups is 3. The number of rotatable bonds is 6. The van der Waals surface area contributed by atoms with E-state index in [1.54, 1.807) is 4.90 Å². The van der Waals surface area contributed by atoms with Gasteiger partial charge in [0.1, 0.15) is 18.7 Å². The van der Waals surface area contributed by atoms with E-state index in [4.69, 9.17) is 4.74 Å². The quantitative estimate of drug-likeness (QED) is 0.689. The van der Waals surface area contributed by atoms with Crippen LogP contribution in [0.2, 0.25) is 0 Å². The molecule has 4 rings (SSSR count). The van der Waals surface area contributed by atoms with E-state index in [1.165, 1.54) is 6.42 Å². The van der Waals surface area contributed by atoms with Gasteiger partial charge in [-0.1, -0.05) is 49.6 Å². The van der Waals surface area contributed by atoms with E-state index in [9.17, 15) is 19.6 Å². The van der Waals surface area contributed by atoms with E-state index in [0.717, 1.165) is 31.2 Å². The van der Waals surface area contributed by atoms with Gasteiger partial charge in [0.15, 0.2) is 0 Å². The standard InChI is InChI=1S/C25H32N4O4/c26-15-20(13-19-9-12-27-22(19)30)28-23(31)21-14-25(10-5-2-6-11-25)17-29(21)24(32)33-16-18-7-3-1-4-8-18/h1,3-4,7-8,19-21H,2,5-6,9-14,16-17H2,(H,27,30)(H,28,31)/t19-,20-,21?/m0/s1. The van der Waals surface area contributed by atoms with Crippen molar-refractivity contribution in [2.24, 2.45) is 11.3 Å². The van der Waals surface area contributed by atoms with Gasteiger partial charge in [-0.3, -0.25) is 14.5 Å². The molecule has 3 aliphatic rings. The van der Waals surface area contributed by atoms with Crippen molar-refractivity contribution >= 4 is 17.9 Å². The highest BCUT2D eigenvalue weighted by Crippen LogP contribution is 2.46. The normalized spacial score (nSPS) is 24.7. The summed E-state index contributed by atoms with van der Waals surface area (Å²) in [5, 5.41) is 15.2. The zero-order valence-corrected chi connectivity index (χ0v) is 18.9. The third-order valence-electron chi connectivity index (χ3n) is 7.32. The molecule has 3 amide bonds. The Morgan fingerprint density at radius 2 is 2.00 bits per heavy atom. The van der Waals surface area contributed by atoms with Crippen LogP contribution in [0.4, 0.5) is 4.79 Å². The molecule has 176 valence electrons. The topological polar surface area (TPSA) is 112 Å². The molecule has 8 nitrogen and oxygen atoms in total. The van der Waals surface area contributed by atoms with Crippen molar-refractivity contribution in [1.82, 2.24) is 15.5 Å². The zero-order chi connectivity index (χ0) is 23.3. The fourth-order valence-corrected chi connectivity index (χ4v) is 5.51. The van der Waals surface area contributed by atoms with Crippen LogP contribution in [0.1, 0.15) is 56.9 Å². The summed E-state index contributed by atoms with van der Waals surface area (Å²) in [5.41, 5.74) is 0.817. The highest BCUT2D eigenvalue weighted by Gasteiger charge is 2.49. The van der Waals surface area contributed by atoms with Gasteiger partial charge in [0, 0.05) is 19.0 Å². The molecule has 0 aromatic heterocycles. The summed E-state index contributed by atoms with van der Waals surface area (Å²) >= 11 is 0. The highest BCUT2D eigenvalue weighted by molar-refractivity contribution is 5.87.